The molecule has 0 aromatic heterocycles. The number of benzene rings is 2. The van der Waals surface area contributed by atoms with E-state index in [1.54, 1.807) is 0 Å². The lowest BCUT2D eigenvalue weighted by Crippen LogP contribution is -2.51. The van der Waals surface area contributed by atoms with Crippen LogP contribution in [0.1, 0.15) is 37.4 Å². The highest BCUT2D eigenvalue weighted by Gasteiger charge is 2.39. The molecule has 0 aliphatic carbocycles. The molecule has 2 N–H and O–H groups in total. The van der Waals surface area contributed by atoms with Crippen molar-refractivity contribution in [2.24, 2.45) is 5.41 Å². The molecular formula is C21H26N2O2. The number of amides is 1. The van der Waals surface area contributed by atoms with E-state index in [1.807, 2.05) is 35.2 Å². The fourth-order valence-electron chi connectivity index (χ4n) is 4.36. The molecule has 2 aromatic rings. The third kappa shape index (κ3) is 3.42. The summed E-state index contributed by atoms with van der Waals surface area (Å²) in [5.74, 6) is 0.184. The normalized spacial score (nSPS) is 21.6. The fourth-order valence-corrected chi connectivity index (χ4v) is 4.36. The lowest BCUT2D eigenvalue weighted by molar-refractivity contribution is -0.140. The number of aliphatic hydroxyl groups excluding tert-OH is 1. The summed E-state index contributed by atoms with van der Waals surface area (Å²) in [7, 11) is 0. The first-order chi connectivity index (χ1) is 12.2. The van der Waals surface area contributed by atoms with Crippen LogP contribution >= 0.6 is 0 Å². The van der Waals surface area contributed by atoms with E-state index in [0.717, 1.165) is 49.8 Å². The summed E-state index contributed by atoms with van der Waals surface area (Å²) < 4.78 is 0. The lowest BCUT2D eigenvalue weighted by atomic mass is 9.72. The summed E-state index contributed by atoms with van der Waals surface area (Å²) in [5.41, 5.74) is 1.14. The summed E-state index contributed by atoms with van der Waals surface area (Å²) in [6, 6.07) is 14.2. The van der Waals surface area contributed by atoms with Gasteiger partial charge in [0.15, 0.2) is 0 Å². The van der Waals surface area contributed by atoms with Gasteiger partial charge in [0.2, 0.25) is 5.91 Å². The van der Waals surface area contributed by atoms with Crippen molar-refractivity contribution in [3.05, 3.63) is 48.0 Å². The quantitative estimate of drug-likeness (QED) is 0.905. The Labute approximate surface area is 148 Å². The van der Waals surface area contributed by atoms with Crippen molar-refractivity contribution in [2.45, 2.75) is 31.8 Å². The Hall–Kier alpha value is -1.91. The van der Waals surface area contributed by atoms with Crippen LogP contribution in [-0.2, 0) is 4.79 Å². The Morgan fingerprint density at radius 2 is 1.84 bits per heavy atom. The van der Waals surface area contributed by atoms with E-state index in [2.05, 4.69) is 17.4 Å². The largest absolute Gasteiger partial charge is 0.387 e. The molecule has 2 fully saturated rings. The number of nitrogens with one attached hydrogen (secondary N) is 1. The van der Waals surface area contributed by atoms with Gasteiger partial charge in [0.1, 0.15) is 0 Å². The van der Waals surface area contributed by atoms with E-state index in [0.29, 0.717) is 13.0 Å². The van der Waals surface area contributed by atoms with Gasteiger partial charge in [0, 0.05) is 13.0 Å². The van der Waals surface area contributed by atoms with Crippen LogP contribution in [0.4, 0.5) is 0 Å². The van der Waals surface area contributed by atoms with E-state index in [1.165, 1.54) is 5.39 Å². The van der Waals surface area contributed by atoms with E-state index in [-0.39, 0.29) is 11.3 Å². The molecule has 1 atom stereocenters. The molecule has 4 rings (SSSR count). The molecule has 132 valence electrons. The molecule has 2 aliphatic heterocycles. The Morgan fingerprint density at radius 1 is 1.08 bits per heavy atom. The van der Waals surface area contributed by atoms with Crippen molar-refractivity contribution in [1.29, 1.82) is 0 Å². The van der Waals surface area contributed by atoms with Crippen LogP contribution < -0.4 is 5.32 Å². The van der Waals surface area contributed by atoms with Gasteiger partial charge in [-0.2, -0.15) is 0 Å². The molecule has 2 heterocycles. The molecule has 1 unspecified atom stereocenters. The second-order valence-corrected chi connectivity index (χ2v) is 7.65. The Balaban J connectivity index is 1.49. The number of nitrogens with zero attached hydrogens (tertiary/aromatic N) is 1. The van der Waals surface area contributed by atoms with Crippen LogP contribution in [0.2, 0.25) is 0 Å². The maximum absolute atomic E-state index is 12.4. The second kappa shape index (κ2) is 6.77. The van der Waals surface area contributed by atoms with Crippen LogP contribution in [0.15, 0.2) is 42.5 Å². The van der Waals surface area contributed by atoms with E-state index >= 15 is 0 Å². The van der Waals surface area contributed by atoms with Crippen LogP contribution in [0.25, 0.3) is 10.8 Å². The van der Waals surface area contributed by atoms with E-state index in [4.69, 9.17) is 0 Å². The van der Waals surface area contributed by atoms with Gasteiger partial charge >= 0.3 is 0 Å². The molecule has 0 saturated carbocycles. The number of hydrogen-bond acceptors (Lipinski definition) is 3. The SMILES string of the molecule is O=C1CCC2(CCNCC2)CN1CC(O)c1ccc2ccccc2c1. The van der Waals surface area contributed by atoms with Gasteiger partial charge in [-0.1, -0.05) is 36.4 Å². The first-order valence-corrected chi connectivity index (χ1v) is 9.31. The number of likely N-dealkylation sites (tertiary alicyclic amines) is 1. The predicted molar refractivity (Wildman–Crippen MR) is 99.3 cm³/mol. The molecule has 1 spiro atoms. The molecule has 4 nitrogen and oxygen atoms in total. The van der Waals surface area contributed by atoms with Crippen molar-refractivity contribution >= 4 is 16.7 Å². The van der Waals surface area contributed by atoms with Crippen molar-refractivity contribution in [2.75, 3.05) is 26.2 Å². The standard InChI is InChI=1S/C21H26N2O2/c24-19(18-6-5-16-3-1-2-4-17(16)13-18)14-23-15-21(8-7-20(23)25)9-11-22-12-10-21/h1-6,13,19,22,24H,7-12,14-15H2. The number of carbonyl (C=O) groups is 1. The maximum Gasteiger partial charge on any atom is 0.222 e. The first-order valence-electron chi connectivity index (χ1n) is 9.31. The van der Waals surface area contributed by atoms with Crippen molar-refractivity contribution in [3.63, 3.8) is 0 Å². The summed E-state index contributed by atoms with van der Waals surface area (Å²) in [4.78, 5) is 14.3. The average molecular weight is 338 g/mol. The van der Waals surface area contributed by atoms with Gasteiger partial charge < -0.3 is 15.3 Å². The minimum atomic E-state index is -0.634. The second-order valence-electron chi connectivity index (χ2n) is 7.65. The molecule has 1 amide bonds. The molecule has 2 aromatic carbocycles. The van der Waals surface area contributed by atoms with Crippen LogP contribution in [0.5, 0.6) is 0 Å². The molecule has 4 heteroatoms. The molecule has 0 bridgehead atoms. The highest BCUT2D eigenvalue weighted by atomic mass is 16.3. The third-order valence-electron chi connectivity index (χ3n) is 5.96. The minimum absolute atomic E-state index is 0.184. The molecule has 0 radical (unpaired) electrons. The van der Waals surface area contributed by atoms with Crippen molar-refractivity contribution in [3.8, 4) is 0 Å². The lowest BCUT2D eigenvalue weighted by Gasteiger charge is -2.45. The topological polar surface area (TPSA) is 52.6 Å². The molecule has 2 saturated heterocycles. The molecular weight excluding hydrogens is 312 g/mol. The highest BCUT2D eigenvalue weighted by Crippen LogP contribution is 2.39. The van der Waals surface area contributed by atoms with E-state index in [9.17, 15) is 9.90 Å². The predicted octanol–water partition coefficient (Wildman–Crippen LogP) is 2.87. The zero-order chi connectivity index (χ0) is 17.3. The van der Waals surface area contributed by atoms with Gasteiger partial charge in [-0.15, -0.1) is 0 Å². The van der Waals surface area contributed by atoms with Gasteiger partial charge in [-0.05, 0) is 60.2 Å². The summed E-state index contributed by atoms with van der Waals surface area (Å²) >= 11 is 0. The number of fused-ring (bicyclic) bond motifs is 1. The summed E-state index contributed by atoms with van der Waals surface area (Å²) in [6.07, 6.45) is 3.23. The van der Waals surface area contributed by atoms with Crippen molar-refractivity contribution < 1.29 is 9.90 Å². The smallest absolute Gasteiger partial charge is 0.222 e. The number of β-amino-alcohol motifs (C(OH)–C–C–N with tert-alkyl or cyclic N) is 1. The highest BCUT2D eigenvalue weighted by molar-refractivity contribution is 5.83. The molecule has 25 heavy (non-hydrogen) atoms. The number of piperidine rings is 2. The van der Waals surface area contributed by atoms with Crippen molar-refractivity contribution in [1.82, 2.24) is 10.2 Å². The zero-order valence-corrected chi connectivity index (χ0v) is 14.6. The Morgan fingerprint density at radius 3 is 2.64 bits per heavy atom. The third-order valence-corrected chi connectivity index (χ3v) is 5.96. The van der Waals surface area contributed by atoms with Crippen LogP contribution in [0.3, 0.4) is 0 Å². The Kier molecular flexibility index (Phi) is 4.48. The molecule has 2 aliphatic rings. The van der Waals surface area contributed by atoms with Gasteiger partial charge in [0.25, 0.3) is 0 Å². The summed E-state index contributed by atoms with van der Waals surface area (Å²) in [5, 5.41) is 16.4. The van der Waals surface area contributed by atoms with E-state index < -0.39 is 6.10 Å². The average Bonchev–Trinajstić information content (AvgIpc) is 2.65. The van der Waals surface area contributed by atoms with Gasteiger partial charge in [0.05, 0.1) is 12.6 Å². The van der Waals surface area contributed by atoms with Crippen LogP contribution in [-0.4, -0.2) is 42.1 Å². The Bertz CT molecular complexity index is 767. The van der Waals surface area contributed by atoms with Gasteiger partial charge in [-0.3, -0.25) is 4.79 Å². The number of carbonyl (C=O) groups excluding carboxylic acids is 1. The van der Waals surface area contributed by atoms with Gasteiger partial charge in [-0.25, -0.2) is 0 Å². The fraction of sp³-hybridized carbons (Fsp3) is 0.476. The zero-order valence-electron chi connectivity index (χ0n) is 14.6. The maximum atomic E-state index is 12.4. The number of hydrogen-bond donors (Lipinski definition) is 2. The number of rotatable bonds is 3. The summed E-state index contributed by atoms with van der Waals surface area (Å²) in [6.45, 7) is 3.26. The number of aliphatic hydroxyl groups is 1. The monoisotopic (exact) mass is 338 g/mol. The van der Waals surface area contributed by atoms with Crippen LogP contribution in [0, 0.1) is 5.41 Å². The minimum Gasteiger partial charge on any atom is -0.387 e. The first kappa shape index (κ1) is 16.6.